The standard InChI is InChI=1S/C12H15ClO/c13-7-2-1-3-10-4-5-12-11(9-10)6-8-14-12/h4-5,9H,1-3,6-8H2. The molecule has 2 heteroatoms. The van der Waals surface area contributed by atoms with Crippen molar-refractivity contribution in [2.24, 2.45) is 0 Å². The molecular weight excluding hydrogens is 196 g/mol. The van der Waals surface area contributed by atoms with Crippen LogP contribution >= 0.6 is 11.6 Å². The van der Waals surface area contributed by atoms with Crippen molar-refractivity contribution >= 4 is 11.6 Å². The number of ether oxygens (including phenoxy) is 1. The Bertz CT molecular complexity index is 309. The van der Waals surface area contributed by atoms with Gasteiger partial charge in [-0.15, -0.1) is 11.6 Å². The first kappa shape index (κ1) is 9.85. The van der Waals surface area contributed by atoms with Gasteiger partial charge in [-0.05, 0) is 36.5 Å². The van der Waals surface area contributed by atoms with E-state index < -0.39 is 0 Å². The van der Waals surface area contributed by atoms with Crippen LogP contribution in [0.25, 0.3) is 0 Å². The Labute approximate surface area is 90.0 Å². The largest absolute Gasteiger partial charge is 0.493 e. The van der Waals surface area contributed by atoms with E-state index in [-0.39, 0.29) is 0 Å². The summed E-state index contributed by atoms with van der Waals surface area (Å²) in [5, 5.41) is 0. The zero-order chi connectivity index (χ0) is 9.80. The Balaban J connectivity index is 1.98. The minimum absolute atomic E-state index is 0.772. The van der Waals surface area contributed by atoms with Crippen LogP contribution in [0.1, 0.15) is 24.0 Å². The maximum atomic E-state index is 5.64. The van der Waals surface area contributed by atoms with Crippen LogP contribution in [0.5, 0.6) is 5.75 Å². The molecule has 1 aliphatic rings. The number of fused-ring (bicyclic) bond motifs is 1. The zero-order valence-corrected chi connectivity index (χ0v) is 9.02. The van der Waals surface area contributed by atoms with E-state index in [1.54, 1.807) is 0 Å². The molecule has 0 radical (unpaired) electrons. The Hall–Kier alpha value is -0.690. The molecule has 0 amide bonds. The van der Waals surface area contributed by atoms with Crippen molar-refractivity contribution in [1.29, 1.82) is 0 Å². The van der Waals surface area contributed by atoms with Crippen LogP contribution in [0.4, 0.5) is 0 Å². The van der Waals surface area contributed by atoms with Gasteiger partial charge in [-0.25, -0.2) is 0 Å². The van der Waals surface area contributed by atoms with Crippen molar-refractivity contribution in [3.05, 3.63) is 29.3 Å². The second-order valence-corrected chi connectivity index (χ2v) is 4.06. The van der Waals surface area contributed by atoms with Gasteiger partial charge in [0.25, 0.3) is 0 Å². The van der Waals surface area contributed by atoms with Gasteiger partial charge in [0.1, 0.15) is 5.75 Å². The first-order chi connectivity index (χ1) is 6.90. The molecular formula is C12H15ClO. The maximum absolute atomic E-state index is 5.64. The Morgan fingerprint density at radius 2 is 2.21 bits per heavy atom. The third-order valence-corrected chi connectivity index (χ3v) is 2.87. The summed E-state index contributed by atoms with van der Waals surface area (Å²) in [5.74, 6) is 1.85. The summed E-state index contributed by atoms with van der Waals surface area (Å²) in [6.07, 6.45) is 4.50. The van der Waals surface area contributed by atoms with Crippen molar-refractivity contribution in [2.45, 2.75) is 25.7 Å². The number of hydrogen-bond acceptors (Lipinski definition) is 1. The molecule has 0 unspecified atom stereocenters. The van der Waals surface area contributed by atoms with Gasteiger partial charge in [-0.3, -0.25) is 0 Å². The SMILES string of the molecule is ClCCCCc1ccc2c(c1)CCO2. The molecule has 2 rings (SSSR count). The number of aryl methyl sites for hydroxylation is 1. The summed E-state index contributed by atoms with van der Waals surface area (Å²) < 4.78 is 5.46. The zero-order valence-electron chi connectivity index (χ0n) is 8.26. The number of benzene rings is 1. The number of unbranched alkanes of at least 4 members (excludes halogenated alkanes) is 1. The predicted octanol–water partition coefficient (Wildman–Crippen LogP) is 3.18. The van der Waals surface area contributed by atoms with Crippen LogP contribution < -0.4 is 4.74 Å². The van der Waals surface area contributed by atoms with E-state index in [0.29, 0.717) is 0 Å². The molecule has 0 spiro atoms. The minimum atomic E-state index is 0.772. The van der Waals surface area contributed by atoms with E-state index in [2.05, 4.69) is 18.2 Å². The van der Waals surface area contributed by atoms with Gasteiger partial charge in [0.15, 0.2) is 0 Å². The molecule has 0 atom stereocenters. The van der Waals surface area contributed by atoms with E-state index in [0.717, 1.165) is 37.5 Å². The Morgan fingerprint density at radius 3 is 3.07 bits per heavy atom. The fourth-order valence-electron chi connectivity index (χ4n) is 1.82. The molecule has 0 aromatic heterocycles. The first-order valence-electron chi connectivity index (χ1n) is 5.21. The average Bonchev–Trinajstić information content (AvgIpc) is 2.65. The molecule has 1 aromatic rings. The lowest BCUT2D eigenvalue weighted by atomic mass is 10.0. The van der Waals surface area contributed by atoms with Crippen molar-refractivity contribution in [3.63, 3.8) is 0 Å². The van der Waals surface area contributed by atoms with E-state index >= 15 is 0 Å². The summed E-state index contributed by atoms with van der Waals surface area (Å²) in [6.45, 7) is 0.848. The van der Waals surface area contributed by atoms with Crippen LogP contribution in [-0.4, -0.2) is 12.5 Å². The number of rotatable bonds is 4. The quantitative estimate of drug-likeness (QED) is 0.548. The van der Waals surface area contributed by atoms with Gasteiger partial charge in [-0.2, -0.15) is 0 Å². The number of alkyl halides is 1. The highest BCUT2D eigenvalue weighted by Crippen LogP contribution is 2.26. The Kier molecular flexibility index (Phi) is 3.30. The van der Waals surface area contributed by atoms with Crippen LogP contribution in [0.2, 0.25) is 0 Å². The lowest BCUT2D eigenvalue weighted by Gasteiger charge is -2.03. The van der Waals surface area contributed by atoms with Crippen LogP contribution in [0.15, 0.2) is 18.2 Å². The molecule has 1 aromatic carbocycles. The smallest absolute Gasteiger partial charge is 0.122 e. The molecule has 1 nitrogen and oxygen atoms in total. The van der Waals surface area contributed by atoms with Gasteiger partial charge in [0.05, 0.1) is 6.61 Å². The van der Waals surface area contributed by atoms with Gasteiger partial charge < -0.3 is 4.74 Å². The predicted molar refractivity (Wildman–Crippen MR) is 59.3 cm³/mol. The van der Waals surface area contributed by atoms with E-state index in [1.165, 1.54) is 17.5 Å². The summed E-state index contributed by atoms with van der Waals surface area (Å²) in [5.41, 5.74) is 2.78. The van der Waals surface area contributed by atoms with Gasteiger partial charge in [-0.1, -0.05) is 12.1 Å². The first-order valence-corrected chi connectivity index (χ1v) is 5.74. The summed E-state index contributed by atoms with van der Waals surface area (Å²) in [6, 6.07) is 6.54. The monoisotopic (exact) mass is 210 g/mol. The maximum Gasteiger partial charge on any atom is 0.122 e. The summed E-state index contributed by atoms with van der Waals surface area (Å²) >= 11 is 5.64. The summed E-state index contributed by atoms with van der Waals surface area (Å²) in [7, 11) is 0. The third-order valence-electron chi connectivity index (χ3n) is 2.60. The number of hydrogen-bond donors (Lipinski definition) is 0. The molecule has 1 heterocycles. The molecule has 0 saturated carbocycles. The molecule has 0 fully saturated rings. The van der Waals surface area contributed by atoms with Crippen LogP contribution in [-0.2, 0) is 12.8 Å². The van der Waals surface area contributed by atoms with Crippen molar-refractivity contribution in [1.82, 2.24) is 0 Å². The lowest BCUT2D eigenvalue weighted by Crippen LogP contribution is -1.88. The molecule has 14 heavy (non-hydrogen) atoms. The normalized spacial score (nSPS) is 13.8. The minimum Gasteiger partial charge on any atom is -0.493 e. The molecule has 1 aliphatic heterocycles. The fraction of sp³-hybridized carbons (Fsp3) is 0.500. The van der Waals surface area contributed by atoms with Gasteiger partial charge in [0.2, 0.25) is 0 Å². The third kappa shape index (κ3) is 2.21. The molecule has 0 aliphatic carbocycles. The number of halogens is 1. The fourth-order valence-corrected chi connectivity index (χ4v) is 2.01. The van der Waals surface area contributed by atoms with E-state index in [9.17, 15) is 0 Å². The second-order valence-electron chi connectivity index (χ2n) is 3.69. The van der Waals surface area contributed by atoms with E-state index in [4.69, 9.17) is 16.3 Å². The molecule has 0 saturated heterocycles. The van der Waals surface area contributed by atoms with Crippen LogP contribution in [0.3, 0.4) is 0 Å². The van der Waals surface area contributed by atoms with Gasteiger partial charge >= 0.3 is 0 Å². The highest BCUT2D eigenvalue weighted by Gasteiger charge is 2.11. The lowest BCUT2D eigenvalue weighted by molar-refractivity contribution is 0.357. The van der Waals surface area contributed by atoms with Crippen LogP contribution in [0, 0.1) is 0 Å². The molecule has 76 valence electrons. The van der Waals surface area contributed by atoms with Crippen molar-refractivity contribution in [2.75, 3.05) is 12.5 Å². The summed E-state index contributed by atoms with van der Waals surface area (Å²) in [4.78, 5) is 0. The second kappa shape index (κ2) is 4.70. The molecule has 0 bridgehead atoms. The molecule has 0 N–H and O–H groups in total. The Morgan fingerprint density at radius 1 is 1.29 bits per heavy atom. The van der Waals surface area contributed by atoms with Crippen molar-refractivity contribution < 1.29 is 4.74 Å². The highest BCUT2D eigenvalue weighted by atomic mass is 35.5. The topological polar surface area (TPSA) is 9.23 Å². The van der Waals surface area contributed by atoms with Gasteiger partial charge in [0, 0.05) is 12.3 Å². The highest BCUT2D eigenvalue weighted by molar-refractivity contribution is 6.17. The van der Waals surface area contributed by atoms with E-state index in [1.807, 2.05) is 0 Å². The average molecular weight is 211 g/mol. The van der Waals surface area contributed by atoms with Crippen molar-refractivity contribution in [3.8, 4) is 5.75 Å².